The van der Waals surface area contributed by atoms with E-state index < -0.39 is 5.91 Å². The summed E-state index contributed by atoms with van der Waals surface area (Å²) in [5.74, 6) is 0.483. The molecule has 4 N–H and O–H groups in total. The highest BCUT2D eigenvalue weighted by Crippen LogP contribution is 2.27. The minimum atomic E-state index is -0.531. The van der Waals surface area contributed by atoms with Crippen molar-refractivity contribution in [3.05, 3.63) is 42.0 Å². The molecule has 0 bridgehead atoms. The van der Waals surface area contributed by atoms with Crippen LogP contribution in [-0.4, -0.2) is 18.0 Å². The number of primary amides is 1. The second-order valence-corrected chi connectivity index (χ2v) is 3.74. The average Bonchev–Trinajstić information content (AvgIpc) is 2.41. The number of methoxy groups -OCH3 is 1. The number of nitrogens with two attached hydrogens (primary N) is 2. The lowest BCUT2D eigenvalue weighted by Crippen LogP contribution is -2.10. The van der Waals surface area contributed by atoms with Gasteiger partial charge in [0.2, 0.25) is 17.7 Å². The lowest BCUT2D eigenvalue weighted by Gasteiger charge is -2.09. The summed E-state index contributed by atoms with van der Waals surface area (Å²) >= 11 is 0. The summed E-state index contributed by atoms with van der Waals surface area (Å²) in [5.41, 5.74) is 11.7. The molecule has 0 saturated carbocycles. The summed E-state index contributed by atoms with van der Waals surface area (Å²) in [6, 6.07) is 9.69. The number of rotatable bonds is 4. The van der Waals surface area contributed by atoms with E-state index in [0.29, 0.717) is 22.9 Å². The first-order chi connectivity index (χ1) is 9.10. The third-order valence-electron chi connectivity index (χ3n) is 2.41. The number of carbonyl (C=O) groups excluding carboxylic acids is 1. The van der Waals surface area contributed by atoms with Crippen molar-refractivity contribution < 1.29 is 14.3 Å². The van der Waals surface area contributed by atoms with E-state index >= 15 is 0 Å². The minimum Gasteiger partial charge on any atom is -0.481 e. The standard InChI is InChI=1S/C13H13N3O3/c1-18-11-6-5-10(14)13(16-11)19-9-4-2-3-8(7-9)12(15)17/h2-7H,14H2,1H3,(H2,15,17). The highest BCUT2D eigenvalue weighted by Gasteiger charge is 2.08. The number of nitrogens with zero attached hydrogens (tertiary/aromatic N) is 1. The number of aromatic nitrogens is 1. The van der Waals surface area contributed by atoms with E-state index in [-0.39, 0.29) is 5.88 Å². The maximum Gasteiger partial charge on any atom is 0.248 e. The molecule has 0 saturated heterocycles. The van der Waals surface area contributed by atoms with Gasteiger partial charge in [-0.25, -0.2) is 0 Å². The molecule has 0 aliphatic carbocycles. The third kappa shape index (κ3) is 2.92. The maximum atomic E-state index is 11.1. The fourth-order valence-electron chi connectivity index (χ4n) is 1.45. The SMILES string of the molecule is COc1ccc(N)c(Oc2cccc(C(N)=O)c2)n1. The molecule has 0 atom stereocenters. The lowest BCUT2D eigenvalue weighted by molar-refractivity contribution is 0.1000. The lowest BCUT2D eigenvalue weighted by atomic mass is 10.2. The van der Waals surface area contributed by atoms with Crippen LogP contribution in [0.15, 0.2) is 36.4 Å². The van der Waals surface area contributed by atoms with Gasteiger partial charge in [-0.15, -0.1) is 0 Å². The molecule has 98 valence electrons. The molecule has 1 heterocycles. The van der Waals surface area contributed by atoms with Crippen molar-refractivity contribution in [2.24, 2.45) is 5.73 Å². The highest BCUT2D eigenvalue weighted by atomic mass is 16.5. The van der Waals surface area contributed by atoms with E-state index in [1.54, 1.807) is 30.3 Å². The van der Waals surface area contributed by atoms with Gasteiger partial charge in [0.05, 0.1) is 12.8 Å². The molecule has 19 heavy (non-hydrogen) atoms. The second-order valence-electron chi connectivity index (χ2n) is 3.74. The number of carbonyl (C=O) groups is 1. The van der Waals surface area contributed by atoms with Gasteiger partial charge in [-0.05, 0) is 24.3 Å². The first-order valence-corrected chi connectivity index (χ1v) is 5.48. The molecule has 2 rings (SSSR count). The van der Waals surface area contributed by atoms with Crippen molar-refractivity contribution >= 4 is 11.6 Å². The zero-order chi connectivity index (χ0) is 13.8. The summed E-state index contributed by atoms with van der Waals surface area (Å²) in [6.07, 6.45) is 0. The fraction of sp³-hybridized carbons (Fsp3) is 0.0769. The van der Waals surface area contributed by atoms with Crippen molar-refractivity contribution in [3.8, 4) is 17.5 Å². The van der Waals surface area contributed by atoms with Crippen LogP contribution in [0.25, 0.3) is 0 Å². The van der Waals surface area contributed by atoms with E-state index in [1.165, 1.54) is 13.2 Å². The highest BCUT2D eigenvalue weighted by molar-refractivity contribution is 5.93. The molecule has 6 nitrogen and oxygen atoms in total. The van der Waals surface area contributed by atoms with Gasteiger partial charge in [0.15, 0.2) is 0 Å². The Morgan fingerprint density at radius 2 is 2.05 bits per heavy atom. The van der Waals surface area contributed by atoms with Crippen LogP contribution in [-0.2, 0) is 0 Å². The Balaban J connectivity index is 2.30. The minimum absolute atomic E-state index is 0.209. The van der Waals surface area contributed by atoms with Gasteiger partial charge in [-0.2, -0.15) is 4.98 Å². The molecule has 0 spiro atoms. The van der Waals surface area contributed by atoms with Crippen LogP contribution in [0.1, 0.15) is 10.4 Å². The second kappa shape index (κ2) is 5.26. The predicted molar refractivity (Wildman–Crippen MR) is 70.2 cm³/mol. The number of amides is 1. The topological polar surface area (TPSA) is 100 Å². The summed E-state index contributed by atoms with van der Waals surface area (Å²) in [4.78, 5) is 15.2. The normalized spacial score (nSPS) is 9.95. The number of hydrogen-bond donors (Lipinski definition) is 2. The van der Waals surface area contributed by atoms with E-state index in [4.69, 9.17) is 20.9 Å². The summed E-state index contributed by atoms with van der Waals surface area (Å²) < 4.78 is 10.5. The van der Waals surface area contributed by atoms with E-state index in [2.05, 4.69) is 4.98 Å². The number of nitrogen functional groups attached to an aromatic ring is 1. The molecule has 0 aliphatic heterocycles. The quantitative estimate of drug-likeness (QED) is 0.867. The van der Waals surface area contributed by atoms with E-state index in [0.717, 1.165) is 0 Å². The van der Waals surface area contributed by atoms with Crippen LogP contribution < -0.4 is 20.9 Å². The number of ether oxygens (including phenoxy) is 2. The molecule has 0 aliphatic rings. The maximum absolute atomic E-state index is 11.1. The fourth-order valence-corrected chi connectivity index (χ4v) is 1.45. The molecule has 0 radical (unpaired) electrons. The first-order valence-electron chi connectivity index (χ1n) is 5.48. The van der Waals surface area contributed by atoms with Crippen LogP contribution in [0.4, 0.5) is 5.69 Å². The van der Waals surface area contributed by atoms with Gasteiger partial charge in [0.25, 0.3) is 0 Å². The van der Waals surface area contributed by atoms with Crippen LogP contribution >= 0.6 is 0 Å². The Bertz CT molecular complexity index is 614. The monoisotopic (exact) mass is 259 g/mol. The van der Waals surface area contributed by atoms with Crippen LogP contribution in [0.2, 0.25) is 0 Å². The number of anilines is 1. The molecule has 0 fully saturated rings. The molecular formula is C13H13N3O3. The van der Waals surface area contributed by atoms with Crippen LogP contribution in [0.5, 0.6) is 17.5 Å². The van der Waals surface area contributed by atoms with Gasteiger partial charge in [0, 0.05) is 11.6 Å². The molecule has 2 aromatic rings. The molecule has 6 heteroatoms. The summed E-state index contributed by atoms with van der Waals surface area (Å²) in [5, 5.41) is 0. The summed E-state index contributed by atoms with van der Waals surface area (Å²) in [7, 11) is 1.50. The van der Waals surface area contributed by atoms with Gasteiger partial charge in [0.1, 0.15) is 5.75 Å². The summed E-state index contributed by atoms with van der Waals surface area (Å²) in [6.45, 7) is 0. The van der Waals surface area contributed by atoms with Crippen molar-refractivity contribution in [1.82, 2.24) is 4.98 Å². The Morgan fingerprint density at radius 3 is 2.74 bits per heavy atom. The van der Waals surface area contributed by atoms with Crippen molar-refractivity contribution in [1.29, 1.82) is 0 Å². The van der Waals surface area contributed by atoms with Gasteiger partial charge in [-0.3, -0.25) is 4.79 Å². The van der Waals surface area contributed by atoms with Gasteiger partial charge in [-0.1, -0.05) is 6.07 Å². The Hall–Kier alpha value is -2.76. The molecule has 1 amide bonds. The van der Waals surface area contributed by atoms with Gasteiger partial charge >= 0.3 is 0 Å². The Labute approximate surface area is 110 Å². The number of benzene rings is 1. The first kappa shape index (κ1) is 12.7. The van der Waals surface area contributed by atoms with Crippen molar-refractivity contribution in [2.45, 2.75) is 0 Å². The predicted octanol–water partition coefficient (Wildman–Crippen LogP) is 1.56. The smallest absolute Gasteiger partial charge is 0.248 e. The van der Waals surface area contributed by atoms with Crippen molar-refractivity contribution in [3.63, 3.8) is 0 Å². The zero-order valence-corrected chi connectivity index (χ0v) is 10.3. The molecule has 0 unspecified atom stereocenters. The largest absolute Gasteiger partial charge is 0.481 e. The Morgan fingerprint density at radius 1 is 1.26 bits per heavy atom. The number of hydrogen-bond acceptors (Lipinski definition) is 5. The zero-order valence-electron chi connectivity index (χ0n) is 10.3. The van der Waals surface area contributed by atoms with Crippen LogP contribution in [0, 0.1) is 0 Å². The Kier molecular flexibility index (Phi) is 3.51. The van der Waals surface area contributed by atoms with E-state index in [9.17, 15) is 4.79 Å². The van der Waals surface area contributed by atoms with Crippen LogP contribution in [0.3, 0.4) is 0 Å². The van der Waals surface area contributed by atoms with Gasteiger partial charge < -0.3 is 20.9 Å². The van der Waals surface area contributed by atoms with Crippen molar-refractivity contribution in [2.75, 3.05) is 12.8 Å². The third-order valence-corrected chi connectivity index (χ3v) is 2.41. The molecular weight excluding hydrogens is 246 g/mol. The number of pyridine rings is 1. The molecule has 1 aromatic carbocycles. The molecule has 1 aromatic heterocycles. The average molecular weight is 259 g/mol. The van der Waals surface area contributed by atoms with E-state index in [1.807, 2.05) is 0 Å².